The molecule has 4 aromatic heterocycles. The van der Waals surface area contributed by atoms with Crippen LogP contribution in [-0.2, 0) is 11.3 Å². The van der Waals surface area contributed by atoms with Crippen molar-refractivity contribution in [3.05, 3.63) is 39.1 Å². The number of fused-ring (bicyclic) bond motifs is 1. The normalized spacial score (nSPS) is 17.9. The number of hydrogen-bond acceptors (Lipinski definition) is 9. The van der Waals surface area contributed by atoms with Crippen LogP contribution in [0.5, 0.6) is 0 Å². The van der Waals surface area contributed by atoms with Crippen molar-refractivity contribution in [3.8, 4) is 10.4 Å². The first kappa shape index (κ1) is 18.9. The van der Waals surface area contributed by atoms with Gasteiger partial charge in [-0.1, -0.05) is 17.8 Å². The fourth-order valence-corrected chi connectivity index (χ4v) is 5.99. The number of aromatic amines is 1. The predicted molar refractivity (Wildman–Crippen MR) is 115 cm³/mol. The minimum absolute atomic E-state index is 0.103. The molecule has 0 amide bonds. The van der Waals surface area contributed by atoms with Gasteiger partial charge in [-0.3, -0.25) is 4.79 Å². The van der Waals surface area contributed by atoms with E-state index in [-0.39, 0.29) is 16.9 Å². The molecule has 0 aliphatic carbocycles. The fourth-order valence-electron chi connectivity index (χ4n) is 3.36. The molecule has 0 radical (unpaired) electrons. The van der Waals surface area contributed by atoms with Gasteiger partial charge in [0.2, 0.25) is 5.16 Å². The first-order valence-corrected chi connectivity index (χ1v) is 11.9. The SMILES string of the molecule is C[C@@H](Sc1nnnn1C[C@H]1CCCO1)c1nc2scc(-c3cccs3)c2c(=O)[nH]1. The molecule has 29 heavy (non-hydrogen) atoms. The van der Waals surface area contributed by atoms with Gasteiger partial charge in [-0.05, 0) is 41.6 Å². The number of ether oxygens (including phenoxy) is 1. The van der Waals surface area contributed by atoms with Gasteiger partial charge in [0.15, 0.2) is 0 Å². The van der Waals surface area contributed by atoms with E-state index in [1.807, 2.05) is 29.8 Å². The molecule has 1 aliphatic heterocycles. The zero-order valence-electron chi connectivity index (χ0n) is 15.6. The largest absolute Gasteiger partial charge is 0.376 e. The molecule has 0 aromatic carbocycles. The third kappa shape index (κ3) is 3.75. The first-order valence-electron chi connectivity index (χ1n) is 9.29. The van der Waals surface area contributed by atoms with Crippen molar-refractivity contribution < 1.29 is 4.74 Å². The molecule has 11 heteroatoms. The number of hydrogen-bond donors (Lipinski definition) is 1. The van der Waals surface area contributed by atoms with Gasteiger partial charge in [0.05, 0.1) is 23.3 Å². The van der Waals surface area contributed by atoms with E-state index in [1.54, 1.807) is 16.0 Å². The first-order chi connectivity index (χ1) is 14.2. The Kier molecular flexibility index (Phi) is 5.20. The Balaban J connectivity index is 1.40. The van der Waals surface area contributed by atoms with Crippen molar-refractivity contribution in [3.63, 3.8) is 0 Å². The molecule has 1 N–H and O–H groups in total. The summed E-state index contributed by atoms with van der Waals surface area (Å²) in [5, 5.41) is 17.3. The third-order valence-electron chi connectivity index (χ3n) is 4.82. The van der Waals surface area contributed by atoms with Gasteiger partial charge in [0, 0.05) is 22.4 Å². The smallest absolute Gasteiger partial charge is 0.260 e. The Hall–Kier alpha value is -2.08. The number of nitrogens with one attached hydrogen (secondary N) is 1. The standard InChI is InChI=1S/C18H18N6O2S3/c1-10(29-18-21-22-23-24(18)8-11-4-2-6-26-11)15-19-16(25)14-12(9-28-17(14)20-15)13-5-3-7-27-13/h3,5,7,9-11H,2,4,6,8H2,1H3,(H,19,20,25)/t10-,11-/m1/s1. The van der Waals surface area contributed by atoms with Gasteiger partial charge in [-0.2, -0.15) is 0 Å². The monoisotopic (exact) mass is 446 g/mol. The summed E-state index contributed by atoms with van der Waals surface area (Å²) in [6.45, 7) is 3.43. The summed E-state index contributed by atoms with van der Waals surface area (Å²) in [7, 11) is 0. The lowest BCUT2D eigenvalue weighted by atomic mass is 10.2. The van der Waals surface area contributed by atoms with Gasteiger partial charge in [0.25, 0.3) is 5.56 Å². The Labute approximate surface area is 178 Å². The molecule has 2 atom stereocenters. The zero-order valence-corrected chi connectivity index (χ0v) is 18.0. The number of tetrazole rings is 1. The van der Waals surface area contributed by atoms with E-state index in [2.05, 4.69) is 20.5 Å². The number of rotatable bonds is 6. The van der Waals surface area contributed by atoms with Gasteiger partial charge < -0.3 is 9.72 Å². The lowest BCUT2D eigenvalue weighted by Gasteiger charge is -2.12. The van der Waals surface area contributed by atoms with E-state index in [4.69, 9.17) is 9.72 Å². The van der Waals surface area contributed by atoms with Crippen molar-refractivity contribution in [2.75, 3.05) is 6.61 Å². The lowest BCUT2D eigenvalue weighted by molar-refractivity contribution is 0.0911. The van der Waals surface area contributed by atoms with Gasteiger partial charge in [-0.15, -0.1) is 27.8 Å². The van der Waals surface area contributed by atoms with Crippen LogP contribution in [0, 0.1) is 0 Å². The molecule has 0 saturated carbocycles. The Morgan fingerprint density at radius 3 is 3.17 bits per heavy atom. The molecule has 0 bridgehead atoms. The van der Waals surface area contributed by atoms with E-state index < -0.39 is 0 Å². The Morgan fingerprint density at radius 2 is 2.38 bits per heavy atom. The summed E-state index contributed by atoms with van der Waals surface area (Å²) in [5.74, 6) is 0.624. The van der Waals surface area contributed by atoms with Crippen LogP contribution in [0.2, 0.25) is 0 Å². The van der Waals surface area contributed by atoms with Crippen molar-refractivity contribution in [1.29, 1.82) is 0 Å². The molecule has 8 nitrogen and oxygen atoms in total. The van der Waals surface area contributed by atoms with Crippen LogP contribution >= 0.6 is 34.4 Å². The number of thioether (sulfide) groups is 1. The fraction of sp³-hybridized carbons (Fsp3) is 0.389. The summed E-state index contributed by atoms with van der Waals surface area (Å²) in [6, 6.07) is 4.00. The molecular weight excluding hydrogens is 428 g/mol. The summed E-state index contributed by atoms with van der Waals surface area (Å²) in [5.41, 5.74) is 0.835. The van der Waals surface area contributed by atoms with Crippen LogP contribution < -0.4 is 5.56 Å². The van der Waals surface area contributed by atoms with Crippen molar-refractivity contribution in [2.45, 2.75) is 42.8 Å². The van der Waals surface area contributed by atoms with E-state index >= 15 is 0 Å². The van der Waals surface area contributed by atoms with Gasteiger partial charge in [-0.25, -0.2) is 9.67 Å². The van der Waals surface area contributed by atoms with Crippen LogP contribution in [0.25, 0.3) is 20.7 Å². The van der Waals surface area contributed by atoms with Crippen molar-refractivity contribution in [1.82, 2.24) is 30.2 Å². The van der Waals surface area contributed by atoms with Crippen molar-refractivity contribution >= 4 is 44.7 Å². The molecule has 5 heterocycles. The van der Waals surface area contributed by atoms with E-state index in [9.17, 15) is 4.79 Å². The molecule has 1 aliphatic rings. The Bertz CT molecular complexity index is 1180. The minimum Gasteiger partial charge on any atom is -0.376 e. The Morgan fingerprint density at radius 1 is 1.45 bits per heavy atom. The molecule has 4 aromatic rings. The third-order valence-corrected chi connectivity index (χ3v) is 7.67. The molecule has 5 rings (SSSR count). The van der Waals surface area contributed by atoms with Gasteiger partial charge in [0.1, 0.15) is 10.7 Å². The van der Waals surface area contributed by atoms with E-state index in [1.165, 1.54) is 23.1 Å². The highest BCUT2D eigenvalue weighted by molar-refractivity contribution is 7.99. The summed E-state index contributed by atoms with van der Waals surface area (Å²) >= 11 is 4.59. The number of aromatic nitrogens is 6. The average molecular weight is 447 g/mol. The van der Waals surface area contributed by atoms with E-state index in [0.29, 0.717) is 22.9 Å². The van der Waals surface area contributed by atoms with Crippen LogP contribution in [-0.4, -0.2) is 42.9 Å². The summed E-state index contributed by atoms with van der Waals surface area (Å²) in [6.07, 6.45) is 2.26. The molecule has 1 saturated heterocycles. The number of thiophene rings is 2. The lowest BCUT2D eigenvalue weighted by Crippen LogP contribution is -2.17. The highest BCUT2D eigenvalue weighted by atomic mass is 32.2. The summed E-state index contributed by atoms with van der Waals surface area (Å²) < 4.78 is 7.46. The van der Waals surface area contributed by atoms with Crippen molar-refractivity contribution in [2.24, 2.45) is 0 Å². The second-order valence-electron chi connectivity index (χ2n) is 6.80. The topological polar surface area (TPSA) is 98.6 Å². The molecule has 0 spiro atoms. The average Bonchev–Trinajstić information content (AvgIpc) is 3.50. The molecular formula is C18H18N6O2S3. The van der Waals surface area contributed by atoms with E-state index in [0.717, 1.165) is 34.7 Å². The minimum atomic E-state index is -0.110. The summed E-state index contributed by atoms with van der Waals surface area (Å²) in [4.78, 5) is 22.3. The van der Waals surface area contributed by atoms with Crippen LogP contribution in [0.4, 0.5) is 0 Å². The second-order valence-corrected chi connectivity index (χ2v) is 9.91. The maximum atomic E-state index is 12.8. The second kappa shape index (κ2) is 7.98. The van der Waals surface area contributed by atoms with Crippen LogP contribution in [0.1, 0.15) is 30.8 Å². The van der Waals surface area contributed by atoms with Crippen LogP contribution in [0.3, 0.4) is 0 Å². The van der Waals surface area contributed by atoms with Crippen LogP contribution in [0.15, 0.2) is 32.8 Å². The molecule has 1 fully saturated rings. The molecule has 0 unspecified atom stereocenters. The maximum absolute atomic E-state index is 12.8. The highest BCUT2D eigenvalue weighted by Gasteiger charge is 2.22. The highest BCUT2D eigenvalue weighted by Crippen LogP contribution is 2.36. The zero-order chi connectivity index (χ0) is 19.8. The van der Waals surface area contributed by atoms with Gasteiger partial charge >= 0.3 is 0 Å². The number of H-pyrrole nitrogens is 1. The molecule has 150 valence electrons. The quantitative estimate of drug-likeness (QED) is 0.451. The number of nitrogens with zero attached hydrogens (tertiary/aromatic N) is 5. The predicted octanol–water partition coefficient (Wildman–Crippen LogP) is 3.73. The maximum Gasteiger partial charge on any atom is 0.260 e.